The second-order valence-electron chi connectivity index (χ2n) is 5.40. The lowest BCUT2D eigenvalue weighted by atomic mass is 9.80. The summed E-state index contributed by atoms with van der Waals surface area (Å²) in [6, 6.07) is 4.06. The normalized spacial score (nSPS) is 27.3. The Hall–Kier alpha value is -1.35. The minimum atomic E-state index is 0.410. The Morgan fingerprint density at radius 2 is 2.28 bits per heavy atom. The maximum absolute atomic E-state index is 5.10. The third-order valence-electron chi connectivity index (χ3n) is 4.19. The molecule has 0 aromatic carbocycles. The minimum absolute atomic E-state index is 0.410. The standard InChI is InChI=1S/C15H20N2O/c1-18-14-4-3-13(10-17-14)12-5-7-15(9-12)6-2-8-16-11-15/h3-4,9-10,16H,2,5-8,11H2,1H3. The summed E-state index contributed by atoms with van der Waals surface area (Å²) < 4.78 is 5.10. The van der Waals surface area contributed by atoms with Crippen molar-refractivity contribution < 1.29 is 4.74 Å². The van der Waals surface area contributed by atoms with E-state index in [9.17, 15) is 0 Å². The van der Waals surface area contributed by atoms with Crippen molar-refractivity contribution in [2.24, 2.45) is 5.41 Å². The fraction of sp³-hybridized carbons (Fsp3) is 0.533. The van der Waals surface area contributed by atoms with Crippen LogP contribution in [0.15, 0.2) is 24.4 Å². The first-order valence-corrected chi connectivity index (χ1v) is 6.74. The molecule has 1 unspecified atom stereocenters. The number of ether oxygens (including phenoxy) is 1. The van der Waals surface area contributed by atoms with Gasteiger partial charge in [0.25, 0.3) is 0 Å². The number of rotatable bonds is 2. The maximum atomic E-state index is 5.10. The van der Waals surface area contributed by atoms with E-state index in [0.717, 1.165) is 6.54 Å². The summed E-state index contributed by atoms with van der Waals surface area (Å²) in [5.74, 6) is 0.686. The number of piperidine rings is 1. The van der Waals surface area contributed by atoms with Crippen molar-refractivity contribution in [1.82, 2.24) is 10.3 Å². The van der Waals surface area contributed by atoms with Gasteiger partial charge in [-0.3, -0.25) is 0 Å². The van der Waals surface area contributed by atoms with Crippen molar-refractivity contribution in [3.63, 3.8) is 0 Å². The number of allylic oxidation sites excluding steroid dienone is 1. The molecule has 1 saturated heterocycles. The average Bonchev–Trinajstić information content (AvgIpc) is 2.83. The van der Waals surface area contributed by atoms with Gasteiger partial charge in [0.2, 0.25) is 5.88 Å². The van der Waals surface area contributed by atoms with Gasteiger partial charge in [-0.05, 0) is 49.4 Å². The van der Waals surface area contributed by atoms with Gasteiger partial charge in [0.15, 0.2) is 0 Å². The van der Waals surface area contributed by atoms with Crippen LogP contribution in [-0.4, -0.2) is 25.2 Å². The van der Waals surface area contributed by atoms with Gasteiger partial charge >= 0.3 is 0 Å². The molecule has 2 aliphatic rings. The lowest BCUT2D eigenvalue weighted by molar-refractivity contribution is 0.274. The van der Waals surface area contributed by atoms with Crippen molar-refractivity contribution in [2.75, 3.05) is 20.2 Å². The highest BCUT2D eigenvalue weighted by atomic mass is 16.5. The molecular formula is C15H20N2O. The van der Waals surface area contributed by atoms with Crippen molar-refractivity contribution in [1.29, 1.82) is 0 Å². The first-order chi connectivity index (χ1) is 8.81. The quantitative estimate of drug-likeness (QED) is 0.868. The fourth-order valence-electron chi connectivity index (χ4n) is 3.14. The number of aromatic nitrogens is 1. The molecule has 0 amide bonds. The smallest absolute Gasteiger partial charge is 0.212 e. The highest BCUT2D eigenvalue weighted by Crippen LogP contribution is 2.44. The van der Waals surface area contributed by atoms with Crippen molar-refractivity contribution in [3.05, 3.63) is 30.0 Å². The third kappa shape index (κ3) is 2.15. The minimum Gasteiger partial charge on any atom is -0.481 e. The number of nitrogens with zero attached hydrogens (tertiary/aromatic N) is 1. The van der Waals surface area contributed by atoms with E-state index in [-0.39, 0.29) is 0 Å². The zero-order valence-electron chi connectivity index (χ0n) is 10.9. The maximum Gasteiger partial charge on any atom is 0.212 e. The van der Waals surface area contributed by atoms with Gasteiger partial charge in [0.1, 0.15) is 0 Å². The molecule has 1 aliphatic heterocycles. The Bertz CT molecular complexity index is 444. The molecule has 1 fully saturated rings. The predicted octanol–water partition coefficient (Wildman–Crippen LogP) is 2.64. The van der Waals surface area contributed by atoms with Crippen LogP contribution >= 0.6 is 0 Å². The van der Waals surface area contributed by atoms with Gasteiger partial charge in [0, 0.05) is 24.2 Å². The van der Waals surface area contributed by atoms with Gasteiger partial charge < -0.3 is 10.1 Å². The van der Waals surface area contributed by atoms with Gasteiger partial charge in [0.05, 0.1) is 7.11 Å². The molecule has 1 atom stereocenters. The zero-order valence-corrected chi connectivity index (χ0v) is 10.9. The van der Waals surface area contributed by atoms with Crippen molar-refractivity contribution >= 4 is 5.57 Å². The Labute approximate surface area is 108 Å². The van der Waals surface area contributed by atoms with Gasteiger partial charge in [-0.15, -0.1) is 0 Å². The van der Waals surface area contributed by atoms with Crippen molar-refractivity contribution in [2.45, 2.75) is 25.7 Å². The van der Waals surface area contributed by atoms with Crippen LogP contribution in [0.1, 0.15) is 31.2 Å². The Morgan fingerprint density at radius 3 is 2.94 bits per heavy atom. The number of methoxy groups -OCH3 is 1. The molecule has 0 saturated carbocycles. The van der Waals surface area contributed by atoms with E-state index in [2.05, 4.69) is 22.4 Å². The largest absolute Gasteiger partial charge is 0.481 e. The first kappa shape index (κ1) is 11.7. The molecule has 18 heavy (non-hydrogen) atoms. The third-order valence-corrected chi connectivity index (χ3v) is 4.19. The summed E-state index contributed by atoms with van der Waals surface area (Å²) in [6.07, 6.45) is 9.50. The van der Waals surface area contributed by atoms with Crippen LogP contribution in [0.5, 0.6) is 5.88 Å². The molecule has 1 N–H and O–H groups in total. The SMILES string of the molecule is COc1ccc(C2=CC3(CCCNC3)CC2)cn1. The predicted molar refractivity (Wildman–Crippen MR) is 72.5 cm³/mol. The summed E-state index contributed by atoms with van der Waals surface area (Å²) >= 11 is 0. The van der Waals surface area contributed by atoms with E-state index in [4.69, 9.17) is 4.74 Å². The Morgan fingerprint density at radius 1 is 1.33 bits per heavy atom. The number of hydrogen-bond acceptors (Lipinski definition) is 3. The van der Waals surface area contributed by atoms with E-state index >= 15 is 0 Å². The molecule has 96 valence electrons. The lowest BCUT2D eigenvalue weighted by Crippen LogP contribution is -2.37. The average molecular weight is 244 g/mol. The highest BCUT2D eigenvalue weighted by Gasteiger charge is 2.34. The molecule has 1 aromatic heterocycles. The summed E-state index contributed by atoms with van der Waals surface area (Å²) in [5, 5.41) is 3.53. The van der Waals surface area contributed by atoms with Crippen molar-refractivity contribution in [3.8, 4) is 5.88 Å². The van der Waals surface area contributed by atoms with Crippen LogP contribution < -0.4 is 10.1 Å². The monoisotopic (exact) mass is 244 g/mol. The molecule has 2 heterocycles. The zero-order chi connectivity index (χ0) is 12.4. The van der Waals surface area contributed by atoms with Crippen LogP contribution in [0.4, 0.5) is 0 Å². The molecule has 3 nitrogen and oxygen atoms in total. The topological polar surface area (TPSA) is 34.1 Å². The van der Waals surface area contributed by atoms with E-state index in [1.54, 1.807) is 7.11 Å². The molecule has 3 rings (SSSR count). The first-order valence-electron chi connectivity index (χ1n) is 6.74. The van der Waals surface area contributed by atoms with E-state index < -0.39 is 0 Å². The van der Waals surface area contributed by atoms with Gasteiger partial charge in [-0.25, -0.2) is 4.98 Å². The molecule has 3 heteroatoms. The Kier molecular flexibility index (Phi) is 3.08. The second kappa shape index (κ2) is 4.73. The lowest BCUT2D eigenvalue weighted by Gasteiger charge is -2.32. The van der Waals surface area contributed by atoms with Crippen LogP contribution in [0.3, 0.4) is 0 Å². The molecule has 1 spiro atoms. The number of nitrogens with one attached hydrogen (secondary N) is 1. The molecule has 0 bridgehead atoms. The second-order valence-corrected chi connectivity index (χ2v) is 5.40. The summed E-state index contributed by atoms with van der Waals surface area (Å²) in [6.45, 7) is 2.31. The molecule has 0 radical (unpaired) electrons. The molecule has 1 aliphatic carbocycles. The van der Waals surface area contributed by atoms with Crippen LogP contribution in [0, 0.1) is 5.41 Å². The van der Waals surface area contributed by atoms with E-state index in [1.165, 1.54) is 43.4 Å². The van der Waals surface area contributed by atoms with Gasteiger partial charge in [-0.2, -0.15) is 0 Å². The van der Waals surface area contributed by atoms with E-state index in [1.807, 2.05) is 12.3 Å². The van der Waals surface area contributed by atoms with Crippen LogP contribution in [0.2, 0.25) is 0 Å². The number of hydrogen-bond donors (Lipinski definition) is 1. The summed E-state index contributed by atoms with van der Waals surface area (Å²) in [5.41, 5.74) is 3.11. The summed E-state index contributed by atoms with van der Waals surface area (Å²) in [7, 11) is 1.65. The van der Waals surface area contributed by atoms with Crippen LogP contribution in [0.25, 0.3) is 5.57 Å². The molecule has 1 aromatic rings. The van der Waals surface area contributed by atoms with E-state index in [0.29, 0.717) is 11.3 Å². The van der Waals surface area contributed by atoms with Gasteiger partial charge in [-0.1, -0.05) is 6.08 Å². The fourth-order valence-corrected chi connectivity index (χ4v) is 3.14. The highest BCUT2D eigenvalue weighted by molar-refractivity contribution is 5.68. The number of pyridine rings is 1. The molecular weight excluding hydrogens is 224 g/mol. The summed E-state index contributed by atoms with van der Waals surface area (Å²) in [4.78, 5) is 4.30. The Balaban J connectivity index is 1.81. The van der Waals surface area contributed by atoms with Crippen LogP contribution in [-0.2, 0) is 0 Å².